The standard InChI is InChI=1S/C28H37N5/c1-4-29-26-10-8-9-25(26)20(2)31-23-16-21(17-23)15-22-18-24(33-12-6-5-7-13-33)19-27-28(22)32(3)14-11-30-27/h4,8,10-11,14,18-19,21,23,28,31H,1,5-7,9,12-13,15-17H2,2-3H3/b25-20+,29-26-. The molecule has 33 heavy (non-hydrogen) atoms. The van der Waals surface area contributed by atoms with E-state index in [1.807, 2.05) is 6.20 Å². The molecule has 1 N–H and O–H groups in total. The van der Waals surface area contributed by atoms with Gasteiger partial charge >= 0.3 is 0 Å². The van der Waals surface area contributed by atoms with Crippen LogP contribution in [0.25, 0.3) is 0 Å². The van der Waals surface area contributed by atoms with Crippen molar-refractivity contribution in [1.82, 2.24) is 15.1 Å². The fourth-order valence-electron chi connectivity index (χ4n) is 5.93. The van der Waals surface area contributed by atoms with Gasteiger partial charge in [-0.15, -0.1) is 0 Å². The van der Waals surface area contributed by atoms with Crippen LogP contribution in [0.1, 0.15) is 51.9 Å². The van der Waals surface area contributed by atoms with E-state index in [4.69, 9.17) is 4.99 Å². The van der Waals surface area contributed by atoms with Crippen LogP contribution in [0.15, 0.2) is 82.0 Å². The predicted octanol–water partition coefficient (Wildman–Crippen LogP) is 5.10. The van der Waals surface area contributed by atoms with E-state index < -0.39 is 0 Å². The molecule has 5 nitrogen and oxygen atoms in total. The lowest BCUT2D eigenvalue weighted by Crippen LogP contribution is -2.44. The van der Waals surface area contributed by atoms with Crippen LogP contribution >= 0.6 is 0 Å². The monoisotopic (exact) mass is 443 g/mol. The first-order valence-corrected chi connectivity index (χ1v) is 12.6. The third kappa shape index (κ3) is 4.64. The number of likely N-dealkylation sites (N-methyl/N-ethyl adjacent to an activating group) is 1. The smallest absolute Gasteiger partial charge is 0.0922 e. The molecular formula is C28H37N5. The Hall–Kier alpha value is -2.82. The van der Waals surface area contributed by atoms with E-state index in [-0.39, 0.29) is 0 Å². The summed E-state index contributed by atoms with van der Waals surface area (Å²) in [5.41, 5.74) is 7.73. The van der Waals surface area contributed by atoms with Crippen LogP contribution < -0.4 is 5.32 Å². The van der Waals surface area contributed by atoms with Gasteiger partial charge in [0, 0.05) is 61.7 Å². The van der Waals surface area contributed by atoms with Crippen LogP contribution in [0, 0.1) is 5.92 Å². The van der Waals surface area contributed by atoms with Crippen molar-refractivity contribution in [1.29, 1.82) is 0 Å². The van der Waals surface area contributed by atoms with E-state index in [0.717, 1.165) is 24.5 Å². The van der Waals surface area contributed by atoms with Crippen molar-refractivity contribution in [3.63, 3.8) is 0 Å². The van der Waals surface area contributed by atoms with Gasteiger partial charge in [-0.3, -0.25) is 9.98 Å². The van der Waals surface area contributed by atoms with Gasteiger partial charge in [0.05, 0.1) is 17.5 Å². The van der Waals surface area contributed by atoms with Crippen LogP contribution in [-0.4, -0.2) is 53.4 Å². The Morgan fingerprint density at radius 3 is 2.85 bits per heavy atom. The van der Waals surface area contributed by atoms with Crippen molar-refractivity contribution in [2.45, 2.75) is 64.0 Å². The normalized spacial score (nSPS) is 31.5. The van der Waals surface area contributed by atoms with Crippen molar-refractivity contribution < 1.29 is 0 Å². The summed E-state index contributed by atoms with van der Waals surface area (Å²) in [5, 5.41) is 3.78. The molecule has 0 aromatic rings. The molecule has 1 unspecified atom stereocenters. The first kappa shape index (κ1) is 22.0. The minimum Gasteiger partial charge on any atom is -0.386 e. The van der Waals surface area contributed by atoms with Gasteiger partial charge in [0.25, 0.3) is 0 Å². The summed E-state index contributed by atoms with van der Waals surface area (Å²) in [6, 6.07) is 0.855. The van der Waals surface area contributed by atoms with Gasteiger partial charge < -0.3 is 15.1 Å². The Morgan fingerprint density at radius 1 is 1.24 bits per heavy atom. The number of aliphatic imine (C=N–C) groups is 2. The zero-order valence-corrected chi connectivity index (χ0v) is 20.1. The van der Waals surface area contributed by atoms with Gasteiger partial charge in [0.15, 0.2) is 0 Å². The quantitative estimate of drug-likeness (QED) is 0.621. The average Bonchev–Trinajstić information content (AvgIpc) is 3.26. The maximum absolute atomic E-state index is 4.78. The second-order valence-corrected chi connectivity index (χ2v) is 10.0. The summed E-state index contributed by atoms with van der Waals surface area (Å²) < 4.78 is 0. The number of nitrogens with one attached hydrogen (secondary N) is 1. The van der Waals surface area contributed by atoms with Gasteiger partial charge in [-0.2, -0.15) is 0 Å². The fraction of sp³-hybridized carbons (Fsp3) is 0.500. The molecule has 0 aromatic carbocycles. The first-order valence-electron chi connectivity index (χ1n) is 12.6. The molecule has 2 heterocycles. The van der Waals surface area contributed by atoms with Gasteiger partial charge in [-0.25, -0.2) is 0 Å². The highest BCUT2D eigenvalue weighted by atomic mass is 15.2. The van der Waals surface area contributed by atoms with E-state index in [1.165, 1.54) is 73.4 Å². The molecule has 5 aliphatic rings. The fourth-order valence-corrected chi connectivity index (χ4v) is 5.93. The highest BCUT2D eigenvalue weighted by molar-refractivity contribution is 6.11. The van der Waals surface area contributed by atoms with Crippen LogP contribution in [0.2, 0.25) is 0 Å². The zero-order valence-electron chi connectivity index (χ0n) is 20.1. The van der Waals surface area contributed by atoms with Gasteiger partial charge in [0.2, 0.25) is 0 Å². The number of rotatable bonds is 6. The van der Waals surface area contributed by atoms with Crippen LogP contribution in [0.3, 0.4) is 0 Å². The number of hydrogen-bond donors (Lipinski definition) is 1. The largest absolute Gasteiger partial charge is 0.386 e. The van der Waals surface area contributed by atoms with Crippen molar-refractivity contribution >= 4 is 11.4 Å². The lowest BCUT2D eigenvalue weighted by atomic mass is 9.74. The average molecular weight is 444 g/mol. The topological polar surface area (TPSA) is 43.2 Å². The Kier molecular flexibility index (Phi) is 6.39. The summed E-state index contributed by atoms with van der Waals surface area (Å²) in [7, 11) is 2.18. The maximum Gasteiger partial charge on any atom is 0.0922 e. The molecule has 2 aliphatic heterocycles. The molecule has 0 bridgehead atoms. The van der Waals surface area contributed by atoms with Crippen LogP contribution in [0.4, 0.5) is 0 Å². The molecule has 0 amide bonds. The van der Waals surface area contributed by atoms with E-state index >= 15 is 0 Å². The molecular weight excluding hydrogens is 406 g/mol. The second-order valence-electron chi connectivity index (χ2n) is 10.0. The first-order chi connectivity index (χ1) is 16.1. The van der Waals surface area contributed by atoms with Crippen molar-refractivity contribution in [2.24, 2.45) is 15.9 Å². The Bertz CT molecular complexity index is 993. The van der Waals surface area contributed by atoms with Crippen molar-refractivity contribution in [3.05, 3.63) is 72.0 Å². The van der Waals surface area contributed by atoms with Crippen LogP contribution in [0.5, 0.6) is 0 Å². The third-order valence-electron chi connectivity index (χ3n) is 7.68. The van der Waals surface area contributed by atoms with E-state index in [0.29, 0.717) is 12.1 Å². The highest BCUT2D eigenvalue weighted by Gasteiger charge is 2.35. The predicted molar refractivity (Wildman–Crippen MR) is 138 cm³/mol. The summed E-state index contributed by atoms with van der Waals surface area (Å²) in [6.45, 7) is 8.29. The molecule has 0 spiro atoms. The molecule has 0 aromatic heterocycles. The number of likely N-dealkylation sites (tertiary alicyclic amines) is 1. The minimum atomic E-state index is 0.293. The zero-order chi connectivity index (χ0) is 22.8. The number of nitrogens with zero attached hydrogens (tertiary/aromatic N) is 4. The molecule has 174 valence electrons. The number of fused-ring (bicyclic) bond motifs is 1. The third-order valence-corrected chi connectivity index (χ3v) is 7.68. The number of hydrogen-bond acceptors (Lipinski definition) is 5. The molecule has 1 saturated carbocycles. The summed E-state index contributed by atoms with van der Waals surface area (Å²) in [5.74, 6) is 0.732. The molecule has 5 rings (SSSR count). The Morgan fingerprint density at radius 2 is 2.06 bits per heavy atom. The minimum absolute atomic E-state index is 0.293. The summed E-state index contributed by atoms with van der Waals surface area (Å²) in [6.07, 6.45) is 23.3. The Balaban J connectivity index is 1.24. The second kappa shape index (κ2) is 9.58. The molecule has 0 radical (unpaired) electrons. The van der Waals surface area contributed by atoms with Crippen molar-refractivity contribution in [3.8, 4) is 0 Å². The molecule has 1 saturated heterocycles. The number of allylic oxidation sites excluding steroid dienone is 5. The van der Waals surface area contributed by atoms with Gasteiger partial charge in [-0.05, 0) is 81.6 Å². The van der Waals surface area contributed by atoms with Crippen LogP contribution in [-0.2, 0) is 0 Å². The lowest BCUT2D eigenvalue weighted by molar-refractivity contribution is 0.227. The van der Waals surface area contributed by atoms with E-state index in [2.05, 4.69) is 71.2 Å². The van der Waals surface area contributed by atoms with Gasteiger partial charge in [-0.1, -0.05) is 12.7 Å². The molecule has 1 atom stereocenters. The summed E-state index contributed by atoms with van der Waals surface area (Å²) >= 11 is 0. The maximum atomic E-state index is 4.78. The SMILES string of the molecule is C=C/N=C1/C=CC/C1=C(/C)NC1CC(CC2=CC(N3CCCCC3)=CC3=NC=CN(C)C23)C1. The molecule has 5 heteroatoms. The van der Waals surface area contributed by atoms with E-state index in [1.54, 1.807) is 6.20 Å². The van der Waals surface area contributed by atoms with Crippen molar-refractivity contribution in [2.75, 3.05) is 20.1 Å². The number of piperidine rings is 1. The summed E-state index contributed by atoms with van der Waals surface area (Å²) in [4.78, 5) is 14.1. The van der Waals surface area contributed by atoms with Gasteiger partial charge in [0.1, 0.15) is 0 Å². The molecule has 3 aliphatic carbocycles. The molecule has 2 fully saturated rings. The highest BCUT2D eigenvalue weighted by Crippen LogP contribution is 2.38. The van der Waals surface area contributed by atoms with E-state index in [9.17, 15) is 0 Å². The Labute approximate surface area is 198 Å². The lowest BCUT2D eigenvalue weighted by Gasteiger charge is -2.42.